The average Bonchev–Trinajstić information content (AvgIpc) is 3.00. The van der Waals surface area contributed by atoms with Gasteiger partial charge in [-0.25, -0.2) is 0 Å². The van der Waals surface area contributed by atoms with Crippen molar-refractivity contribution in [3.8, 4) is 0 Å². The minimum atomic E-state index is -0.0713. The van der Waals surface area contributed by atoms with Crippen LogP contribution in [-0.4, -0.2) is 48.9 Å². The van der Waals surface area contributed by atoms with Crippen molar-refractivity contribution in [1.29, 1.82) is 0 Å². The topological polar surface area (TPSA) is 65.0 Å². The molecule has 2 aliphatic rings. The van der Waals surface area contributed by atoms with E-state index in [9.17, 15) is 9.59 Å². The van der Waals surface area contributed by atoms with E-state index < -0.39 is 0 Å². The van der Waals surface area contributed by atoms with Crippen LogP contribution in [0.15, 0.2) is 29.3 Å². The Kier molecular flexibility index (Phi) is 7.22. The minimum absolute atomic E-state index is 0. The van der Waals surface area contributed by atoms with Gasteiger partial charge < -0.3 is 10.2 Å². The number of hydrogen-bond donors (Lipinski definition) is 1. The molecule has 0 bridgehead atoms. The molecule has 0 atom stereocenters. The van der Waals surface area contributed by atoms with E-state index in [0.717, 1.165) is 25.5 Å². The lowest BCUT2D eigenvalue weighted by Gasteiger charge is -2.25. The summed E-state index contributed by atoms with van der Waals surface area (Å²) in [6, 6.07) is 8.34. The van der Waals surface area contributed by atoms with Crippen LogP contribution in [0.2, 0.25) is 0 Å². The lowest BCUT2D eigenvalue weighted by Crippen LogP contribution is -2.43. The Morgan fingerprint density at radius 1 is 1.16 bits per heavy atom. The smallest absolute Gasteiger partial charge is 0.229 e. The number of guanidine groups is 1. The Labute approximate surface area is 165 Å². The van der Waals surface area contributed by atoms with Crippen molar-refractivity contribution in [1.82, 2.24) is 10.2 Å². The van der Waals surface area contributed by atoms with Gasteiger partial charge in [0.05, 0.1) is 6.54 Å². The predicted molar refractivity (Wildman–Crippen MR) is 109 cm³/mol. The van der Waals surface area contributed by atoms with Crippen molar-refractivity contribution in [3.05, 3.63) is 29.8 Å². The summed E-state index contributed by atoms with van der Waals surface area (Å²) < 4.78 is 0. The second kappa shape index (κ2) is 9.17. The summed E-state index contributed by atoms with van der Waals surface area (Å²) in [5.41, 5.74) is 2.51. The van der Waals surface area contributed by atoms with Gasteiger partial charge in [0.1, 0.15) is 0 Å². The number of imide groups is 1. The highest BCUT2D eigenvalue weighted by molar-refractivity contribution is 14.0. The zero-order chi connectivity index (χ0) is 16.9. The van der Waals surface area contributed by atoms with E-state index in [0.29, 0.717) is 32.4 Å². The summed E-state index contributed by atoms with van der Waals surface area (Å²) >= 11 is 0. The summed E-state index contributed by atoms with van der Waals surface area (Å²) in [6.45, 7) is 4.50. The Hall–Kier alpha value is -1.64. The van der Waals surface area contributed by atoms with Gasteiger partial charge in [-0.3, -0.25) is 19.5 Å². The van der Waals surface area contributed by atoms with Crippen molar-refractivity contribution < 1.29 is 9.59 Å². The zero-order valence-corrected chi connectivity index (χ0v) is 16.9. The zero-order valence-electron chi connectivity index (χ0n) is 14.5. The maximum Gasteiger partial charge on any atom is 0.229 e. The molecular weight excluding hydrogens is 431 g/mol. The first kappa shape index (κ1) is 19.7. The van der Waals surface area contributed by atoms with Gasteiger partial charge in [-0.1, -0.05) is 18.2 Å². The van der Waals surface area contributed by atoms with Crippen molar-refractivity contribution in [3.63, 3.8) is 0 Å². The minimum Gasteiger partial charge on any atom is -0.356 e. The van der Waals surface area contributed by atoms with E-state index in [4.69, 9.17) is 0 Å². The molecule has 0 radical (unpaired) electrons. The molecule has 1 aromatic carbocycles. The molecule has 3 rings (SSSR count). The molecule has 1 saturated heterocycles. The fraction of sp³-hybridized carbons (Fsp3) is 0.500. The van der Waals surface area contributed by atoms with E-state index in [1.54, 1.807) is 0 Å². The van der Waals surface area contributed by atoms with E-state index in [-0.39, 0.29) is 35.8 Å². The van der Waals surface area contributed by atoms with Crippen molar-refractivity contribution in [2.75, 3.05) is 31.1 Å². The number of benzene rings is 1. The number of amides is 2. The average molecular weight is 456 g/mol. The third kappa shape index (κ3) is 4.50. The van der Waals surface area contributed by atoms with Crippen LogP contribution in [0, 0.1) is 0 Å². The molecule has 6 nitrogen and oxygen atoms in total. The molecule has 0 aliphatic carbocycles. The molecule has 2 aliphatic heterocycles. The Morgan fingerprint density at radius 2 is 1.88 bits per heavy atom. The van der Waals surface area contributed by atoms with Crippen molar-refractivity contribution >= 4 is 47.4 Å². The largest absolute Gasteiger partial charge is 0.356 e. The molecule has 0 aromatic heterocycles. The number of fused-ring (bicyclic) bond motifs is 1. The number of carbonyl (C=O) groups excluding carboxylic acids is 2. The van der Waals surface area contributed by atoms with Crippen LogP contribution < -0.4 is 10.2 Å². The van der Waals surface area contributed by atoms with Gasteiger partial charge in [0, 0.05) is 38.2 Å². The lowest BCUT2D eigenvalue weighted by atomic mass is 10.1. The van der Waals surface area contributed by atoms with Gasteiger partial charge in [-0.2, -0.15) is 0 Å². The van der Waals surface area contributed by atoms with Crippen LogP contribution in [0.5, 0.6) is 0 Å². The molecule has 0 unspecified atom stereocenters. The lowest BCUT2D eigenvalue weighted by molar-refractivity contribution is -0.147. The molecule has 7 heteroatoms. The first-order chi connectivity index (χ1) is 11.7. The quantitative estimate of drug-likeness (QED) is 0.327. The normalized spacial score (nSPS) is 17.4. The summed E-state index contributed by atoms with van der Waals surface area (Å²) in [5, 5.41) is 3.31. The standard InChI is InChI=1S/C18H24N4O2.HI/c1-2-19-18(21-12-10-14-6-3-4-7-15(14)21)20-11-13-22-16(23)8-5-9-17(22)24;/h3-4,6-7H,2,5,8-13H2,1H3,(H,19,20);1H. The van der Waals surface area contributed by atoms with Crippen molar-refractivity contribution in [2.24, 2.45) is 4.99 Å². The fourth-order valence-corrected chi connectivity index (χ4v) is 3.26. The number of hydrogen-bond acceptors (Lipinski definition) is 3. The number of aliphatic imine (C=N–C) groups is 1. The van der Waals surface area contributed by atoms with Gasteiger partial charge in [-0.05, 0) is 31.4 Å². The first-order valence-corrected chi connectivity index (χ1v) is 8.67. The Morgan fingerprint density at radius 3 is 2.60 bits per heavy atom. The number of nitrogens with zero attached hydrogens (tertiary/aromatic N) is 3. The van der Waals surface area contributed by atoms with Crippen LogP contribution in [0.25, 0.3) is 0 Å². The maximum absolute atomic E-state index is 11.9. The number of para-hydroxylation sites is 1. The molecule has 0 saturated carbocycles. The van der Waals surface area contributed by atoms with Crippen molar-refractivity contribution in [2.45, 2.75) is 32.6 Å². The van der Waals surface area contributed by atoms with Gasteiger partial charge in [0.15, 0.2) is 5.96 Å². The number of rotatable bonds is 4. The molecule has 2 amide bonds. The van der Waals surface area contributed by atoms with E-state index in [1.165, 1.54) is 16.2 Å². The highest BCUT2D eigenvalue weighted by Crippen LogP contribution is 2.27. The molecule has 2 heterocycles. The molecule has 0 spiro atoms. The molecular formula is C18H25IN4O2. The highest BCUT2D eigenvalue weighted by Gasteiger charge is 2.26. The van der Waals surface area contributed by atoms with Gasteiger partial charge in [0.25, 0.3) is 0 Å². The number of piperidine rings is 1. The number of anilines is 1. The van der Waals surface area contributed by atoms with E-state index in [1.807, 2.05) is 13.0 Å². The molecule has 136 valence electrons. The van der Waals surface area contributed by atoms with Crippen LogP contribution >= 0.6 is 24.0 Å². The third-order valence-corrected chi connectivity index (χ3v) is 4.45. The van der Waals surface area contributed by atoms with Crippen LogP contribution in [0.3, 0.4) is 0 Å². The predicted octanol–water partition coefficient (Wildman–Crippen LogP) is 2.17. The monoisotopic (exact) mass is 456 g/mol. The first-order valence-electron chi connectivity index (χ1n) is 8.67. The number of halogens is 1. The maximum atomic E-state index is 11.9. The Balaban J connectivity index is 0.00000225. The van der Waals surface area contributed by atoms with E-state index in [2.05, 4.69) is 33.4 Å². The molecule has 1 aromatic rings. The SMILES string of the molecule is CCNC(=NCCN1C(=O)CCCC1=O)N1CCc2ccccc21.I. The highest BCUT2D eigenvalue weighted by atomic mass is 127. The van der Waals surface area contributed by atoms with Crippen LogP contribution in [0.4, 0.5) is 5.69 Å². The van der Waals surface area contributed by atoms with Gasteiger partial charge in [0.2, 0.25) is 11.8 Å². The summed E-state index contributed by atoms with van der Waals surface area (Å²) in [5.74, 6) is 0.676. The van der Waals surface area contributed by atoms with E-state index >= 15 is 0 Å². The Bertz CT molecular complexity index is 646. The van der Waals surface area contributed by atoms with Crippen LogP contribution in [-0.2, 0) is 16.0 Å². The van der Waals surface area contributed by atoms with Gasteiger partial charge in [-0.15, -0.1) is 24.0 Å². The third-order valence-electron chi connectivity index (χ3n) is 4.45. The summed E-state index contributed by atoms with van der Waals surface area (Å²) in [7, 11) is 0. The number of carbonyl (C=O) groups is 2. The number of nitrogens with one attached hydrogen (secondary N) is 1. The van der Waals surface area contributed by atoms with Gasteiger partial charge >= 0.3 is 0 Å². The summed E-state index contributed by atoms with van der Waals surface area (Å²) in [6.07, 6.45) is 2.61. The molecule has 1 fully saturated rings. The summed E-state index contributed by atoms with van der Waals surface area (Å²) in [4.78, 5) is 31.9. The molecule has 25 heavy (non-hydrogen) atoms. The fourth-order valence-electron chi connectivity index (χ4n) is 3.26. The second-order valence-electron chi connectivity index (χ2n) is 6.06. The van der Waals surface area contributed by atoms with Crippen LogP contribution in [0.1, 0.15) is 31.7 Å². The number of likely N-dealkylation sites (tertiary alicyclic amines) is 1. The molecule has 1 N–H and O–H groups in total. The second-order valence-corrected chi connectivity index (χ2v) is 6.06.